The molecule has 2 atom stereocenters. The number of amides is 1. The summed E-state index contributed by atoms with van der Waals surface area (Å²) >= 11 is 0.936. The Morgan fingerprint density at radius 1 is 1.18 bits per heavy atom. The molecule has 2 saturated heterocycles. The first-order valence-corrected chi connectivity index (χ1v) is 13.0. The summed E-state index contributed by atoms with van der Waals surface area (Å²) in [6.07, 6.45) is -2.56. The second-order valence-corrected chi connectivity index (χ2v) is 11.1. The number of ether oxygens (including phenoxy) is 1. The van der Waals surface area contributed by atoms with Crippen molar-refractivity contribution in [2.45, 2.75) is 42.0 Å². The molecule has 3 heterocycles. The van der Waals surface area contributed by atoms with E-state index in [2.05, 4.69) is 10.8 Å². The lowest BCUT2D eigenvalue weighted by Crippen LogP contribution is -2.59. The van der Waals surface area contributed by atoms with Crippen LogP contribution in [0.4, 0.5) is 13.2 Å². The number of nitrogens with one attached hydrogen (secondary N) is 2. The van der Waals surface area contributed by atoms with E-state index < -0.39 is 40.0 Å². The Kier molecular flexibility index (Phi) is 7.60. The number of piperazine rings is 1. The fraction of sp³-hybridized carbons (Fsp3) is 0.476. The fourth-order valence-corrected chi connectivity index (χ4v) is 6.77. The third-order valence-electron chi connectivity index (χ3n) is 5.57. The number of hydroxylamine groups is 1. The number of alkyl halides is 3. The highest BCUT2D eigenvalue weighted by Gasteiger charge is 2.39. The maximum absolute atomic E-state index is 13.4. The van der Waals surface area contributed by atoms with Gasteiger partial charge in [-0.25, -0.2) is 18.7 Å². The van der Waals surface area contributed by atoms with Crippen LogP contribution in [0.2, 0.25) is 0 Å². The van der Waals surface area contributed by atoms with Gasteiger partial charge in [-0.1, -0.05) is 12.1 Å². The summed E-state index contributed by atoms with van der Waals surface area (Å²) in [6, 6.07) is 6.43. The first-order chi connectivity index (χ1) is 16.2. The predicted molar refractivity (Wildman–Crippen MR) is 118 cm³/mol. The standard InChI is InChI=1S/C21H24F3N3O5S2/c22-21(23,24)15-6-4-14(5-7-15)17-8-9-19(33-17)34(29,30)27-11-10-25-13-16(27)20(28)26-32-18-3-1-2-12-31-18/h4-9,16,18,25H,1-3,10-13H2,(H,26,28). The van der Waals surface area contributed by atoms with Crippen LogP contribution in [0.1, 0.15) is 24.8 Å². The molecule has 13 heteroatoms. The Bertz CT molecular complexity index is 1100. The molecule has 1 aromatic carbocycles. The van der Waals surface area contributed by atoms with E-state index in [1.54, 1.807) is 6.07 Å². The van der Waals surface area contributed by atoms with Crippen LogP contribution >= 0.6 is 11.3 Å². The molecule has 2 N–H and O–H groups in total. The van der Waals surface area contributed by atoms with Gasteiger partial charge in [-0.2, -0.15) is 17.5 Å². The highest BCUT2D eigenvalue weighted by Crippen LogP contribution is 2.35. The van der Waals surface area contributed by atoms with Gasteiger partial charge < -0.3 is 10.1 Å². The number of hydrogen-bond acceptors (Lipinski definition) is 7. The number of sulfonamides is 1. The largest absolute Gasteiger partial charge is 0.416 e. The van der Waals surface area contributed by atoms with E-state index in [9.17, 15) is 26.4 Å². The molecule has 0 saturated carbocycles. The minimum Gasteiger partial charge on any atom is -0.350 e. The Balaban J connectivity index is 1.48. The Morgan fingerprint density at radius 3 is 2.62 bits per heavy atom. The molecule has 0 bridgehead atoms. The number of rotatable bonds is 6. The van der Waals surface area contributed by atoms with Gasteiger partial charge in [-0.3, -0.25) is 4.79 Å². The quantitative estimate of drug-likeness (QED) is 0.570. The maximum Gasteiger partial charge on any atom is 0.416 e. The molecule has 34 heavy (non-hydrogen) atoms. The highest BCUT2D eigenvalue weighted by molar-refractivity contribution is 7.91. The minimum absolute atomic E-state index is 0.00127. The molecule has 0 radical (unpaired) electrons. The van der Waals surface area contributed by atoms with Crippen LogP contribution < -0.4 is 10.8 Å². The third kappa shape index (κ3) is 5.61. The number of hydrogen-bond donors (Lipinski definition) is 2. The van der Waals surface area contributed by atoms with Crippen molar-refractivity contribution >= 4 is 27.3 Å². The zero-order chi connectivity index (χ0) is 24.3. The van der Waals surface area contributed by atoms with Crippen molar-refractivity contribution in [2.75, 3.05) is 26.2 Å². The number of halogens is 3. The molecule has 2 unspecified atom stereocenters. The van der Waals surface area contributed by atoms with Crippen molar-refractivity contribution in [3.05, 3.63) is 42.0 Å². The molecule has 0 spiro atoms. The number of benzene rings is 1. The van der Waals surface area contributed by atoms with Crippen molar-refractivity contribution in [3.63, 3.8) is 0 Å². The van der Waals surface area contributed by atoms with Crippen LogP contribution in [0.5, 0.6) is 0 Å². The summed E-state index contributed by atoms with van der Waals surface area (Å²) in [4.78, 5) is 18.6. The molecule has 186 valence electrons. The first-order valence-electron chi connectivity index (χ1n) is 10.7. The summed E-state index contributed by atoms with van der Waals surface area (Å²) in [7, 11) is -4.03. The van der Waals surface area contributed by atoms with Gasteiger partial charge in [0.1, 0.15) is 10.3 Å². The van der Waals surface area contributed by atoms with E-state index in [4.69, 9.17) is 9.57 Å². The van der Waals surface area contributed by atoms with Crippen LogP contribution in [-0.4, -0.2) is 57.2 Å². The molecule has 1 aromatic heterocycles. The van der Waals surface area contributed by atoms with Crippen molar-refractivity contribution in [1.29, 1.82) is 0 Å². The summed E-state index contributed by atoms with van der Waals surface area (Å²) < 4.78 is 71.7. The van der Waals surface area contributed by atoms with Gasteiger partial charge in [0.15, 0.2) is 6.29 Å². The van der Waals surface area contributed by atoms with Crippen LogP contribution in [0.25, 0.3) is 10.4 Å². The molecule has 8 nitrogen and oxygen atoms in total. The molecular formula is C21H24F3N3O5S2. The van der Waals surface area contributed by atoms with Gasteiger partial charge >= 0.3 is 6.18 Å². The van der Waals surface area contributed by atoms with Crippen LogP contribution in [0.3, 0.4) is 0 Å². The van der Waals surface area contributed by atoms with Crippen molar-refractivity contribution < 1.29 is 36.0 Å². The van der Waals surface area contributed by atoms with Crippen LogP contribution in [0, 0.1) is 0 Å². The zero-order valence-electron chi connectivity index (χ0n) is 18.0. The molecular weight excluding hydrogens is 495 g/mol. The minimum atomic E-state index is -4.45. The van der Waals surface area contributed by atoms with Gasteiger partial charge in [-0.05, 0) is 42.7 Å². The van der Waals surface area contributed by atoms with Crippen molar-refractivity contribution in [3.8, 4) is 10.4 Å². The lowest BCUT2D eigenvalue weighted by Gasteiger charge is -2.34. The molecule has 2 aromatic rings. The smallest absolute Gasteiger partial charge is 0.350 e. The van der Waals surface area contributed by atoms with E-state index >= 15 is 0 Å². The summed E-state index contributed by atoms with van der Waals surface area (Å²) in [5.74, 6) is -0.607. The van der Waals surface area contributed by atoms with E-state index in [0.29, 0.717) is 30.0 Å². The lowest BCUT2D eigenvalue weighted by atomic mass is 10.1. The summed E-state index contributed by atoms with van der Waals surface area (Å²) in [5, 5.41) is 3.01. The Labute approximate surface area is 199 Å². The van der Waals surface area contributed by atoms with Gasteiger partial charge in [0.05, 0.1) is 5.56 Å². The Hall–Kier alpha value is -2.03. The average Bonchev–Trinajstić information content (AvgIpc) is 3.34. The van der Waals surface area contributed by atoms with Crippen molar-refractivity contribution in [1.82, 2.24) is 15.1 Å². The van der Waals surface area contributed by atoms with E-state index in [-0.39, 0.29) is 17.3 Å². The fourth-order valence-electron chi connectivity index (χ4n) is 3.75. The molecule has 0 aliphatic carbocycles. The molecule has 4 rings (SSSR count). The molecule has 1 amide bonds. The van der Waals surface area contributed by atoms with Crippen LogP contribution in [0.15, 0.2) is 40.6 Å². The predicted octanol–water partition coefficient (Wildman–Crippen LogP) is 2.97. The number of thiophene rings is 1. The highest BCUT2D eigenvalue weighted by atomic mass is 32.2. The lowest BCUT2D eigenvalue weighted by molar-refractivity contribution is -0.202. The topological polar surface area (TPSA) is 97.0 Å². The maximum atomic E-state index is 13.4. The average molecular weight is 520 g/mol. The molecule has 2 aliphatic heterocycles. The van der Waals surface area contributed by atoms with Gasteiger partial charge in [-0.15, -0.1) is 11.3 Å². The zero-order valence-corrected chi connectivity index (χ0v) is 19.6. The summed E-state index contributed by atoms with van der Waals surface area (Å²) in [6.45, 7) is 1.09. The SMILES string of the molecule is O=C(NOC1CCCCO1)C1CNCCN1S(=O)(=O)c1ccc(-c2ccc(C(F)(F)F)cc2)s1. The van der Waals surface area contributed by atoms with E-state index in [0.717, 1.165) is 40.6 Å². The van der Waals surface area contributed by atoms with Gasteiger partial charge in [0.2, 0.25) is 0 Å². The summed E-state index contributed by atoms with van der Waals surface area (Å²) in [5.41, 5.74) is 2.01. The number of carbonyl (C=O) groups is 1. The Morgan fingerprint density at radius 2 is 1.94 bits per heavy atom. The number of nitrogens with zero attached hydrogens (tertiary/aromatic N) is 1. The van der Waals surface area contributed by atoms with E-state index in [1.165, 1.54) is 18.2 Å². The van der Waals surface area contributed by atoms with Gasteiger partial charge in [0.25, 0.3) is 15.9 Å². The van der Waals surface area contributed by atoms with E-state index in [1.807, 2.05) is 0 Å². The second kappa shape index (κ2) is 10.3. The first kappa shape index (κ1) is 25.1. The van der Waals surface area contributed by atoms with Gasteiger partial charge in [0, 0.05) is 37.5 Å². The molecule has 2 aliphatic rings. The van der Waals surface area contributed by atoms with Crippen LogP contribution in [-0.2, 0) is 30.6 Å². The molecule has 2 fully saturated rings. The number of carbonyl (C=O) groups excluding carboxylic acids is 1. The normalized spacial score (nSPS) is 22.4. The van der Waals surface area contributed by atoms with Crippen molar-refractivity contribution in [2.24, 2.45) is 0 Å². The second-order valence-electron chi connectivity index (χ2n) is 7.91. The monoisotopic (exact) mass is 519 g/mol. The third-order valence-corrected chi connectivity index (χ3v) is 9.08.